The van der Waals surface area contributed by atoms with Gasteiger partial charge >= 0.3 is 11.9 Å². The molecule has 2 aromatic rings. The lowest BCUT2D eigenvalue weighted by Gasteiger charge is -2.01. The average molecular weight is 287 g/mol. The molecule has 0 aliphatic carbocycles. The number of nitrogens with zero attached hydrogens (tertiary/aromatic N) is 1. The van der Waals surface area contributed by atoms with Crippen LogP contribution in [0.4, 0.5) is 10.1 Å². The molecule has 0 fully saturated rings. The van der Waals surface area contributed by atoms with E-state index in [0.29, 0.717) is 0 Å². The van der Waals surface area contributed by atoms with Crippen molar-refractivity contribution in [1.29, 1.82) is 0 Å². The maximum atomic E-state index is 13.4. The van der Waals surface area contributed by atoms with E-state index in [9.17, 15) is 14.0 Å². The van der Waals surface area contributed by atoms with Crippen molar-refractivity contribution in [3.05, 3.63) is 65.0 Å². The quantitative estimate of drug-likeness (QED) is 0.846. The van der Waals surface area contributed by atoms with Crippen molar-refractivity contribution >= 4 is 23.8 Å². The van der Waals surface area contributed by atoms with Crippen LogP contribution in [0, 0.1) is 5.82 Å². The lowest BCUT2D eigenvalue weighted by Crippen LogP contribution is -2.04. The molecular formula is C15H10FNO4. The first kappa shape index (κ1) is 14.4. The van der Waals surface area contributed by atoms with Gasteiger partial charge in [-0.2, -0.15) is 0 Å². The molecule has 2 aromatic carbocycles. The molecular weight excluding hydrogens is 277 g/mol. The summed E-state index contributed by atoms with van der Waals surface area (Å²) < 4.78 is 13.4. The molecule has 0 bridgehead atoms. The van der Waals surface area contributed by atoms with Crippen LogP contribution in [-0.4, -0.2) is 28.4 Å². The summed E-state index contributed by atoms with van der Waals surface area (Å²) in [5.41, 5.74) is -0.0135. The van der Waals surface area contributed by atoms with E-state index in [2.05, 4.69) is 4.99 Å². The maximum Gasteiger partial charge on any atom is 0.335 e. The Morgan fingerprint density at radius 2 is 1.57 bits per heavy atom. The van der Waals surface area contributed by atoms with Gasteiger partial charge in [0.25, 0.3) is 0 Å². The Balaban J connectivity index is 2.42. The number of para-hydroxylation sites is 1. The number of halogens is 1. The summed E-state index contributed by atoms with van der Waals surface area (Å²) in [6.07, 6.45) is 1.22. The highest BCUT2D eigenvalue weighted by Gasteiger charge is 2.10. The van der Waals surface area contributed by atoms with Crippen molar-refractivity contribution in [2.45, 2.75) is 0 Å². The summed E-state index contributed by atoms with van der Waals surface area (Å²) in [5, 5.41) is 17.9. The van der Waals surface area contributed by atoms with Crippen LogP contribution >= 0.6 is 0 Å². The first-order chi connectivity index (χ1) is 9.97. The van der Waals surface area contributed by atoms with E-state index in [-0.39, 0.29) is 22.4 Å². The van der Waals surface area contributed by atoms with Crippen molar-refractivity contribution < 1.29 is 24.2 Å². The third kappa shape index (κ3) is 3.50. The summed E-state index contributed by atoms with van der Waals surface area (Å²) in [6, 6.07) is 9.38. The summed E-state index contributed by atoms with van der Waals surface area (Å²) in [6.45, 7) is 0. The second kappa shape index (κ2) is 5.96. The van der Waals surface area contributed by atoms with Crippen LogP contribution in [-0.2, 0) is 0 Å². The monoisotopic (exact) mass is 287 g/mol. The molecule has 106 valence electrons. The summed E-state index contributed by atoms with van der Waals surface area (Å²) in [5.74, 6) is -3.03. The lowest BCUT2D eigenvalue weighted by atomic mass is 10.1. The molecule has 0 unspecified atom stereocenters. The smallest absolute Gasteiger partial charge is 0.335 e. The minimum Gasteiger partial charge on any atom is -0.478 e. The molecule has 0 spiro atoms. The third-order valence-electron chi connectivity index (χ3n) is 2.65. The fourth-order valence-corrected chi connectivity index (χ4v) is 1.67. The predicted octanol–water partition coefficient (Wildman–Crippen LogP) is 2.97. The molecule has 0 saturated heterocycles. The van der Waals surface area contributed by atoms with Gasteiger partial charge in [0, 0.05) is 6.21 Å². The van der Waals surface area contributed by atoms with Crippen molar-refractivity contribution in [2.24, 2.45) is 4.99 Å². The largest absolute Gasteiger partial charge is 0.478 e. The zero-order chi connectivity index (χ0) is 15.4. The van der Waals surface area contributed by atoms with Gasteiger partial charge in [-0.3, -0.25) is 4.99 Å². The highest BCUT2D eigenvalue weighted by atomic mass is 19.1. The van der Waals surface area contributed by atoms with Gasteiger partial charge in [-0.15, -0.1) is 0 Å². The number of carboxylic acids is 2. The Hall–Kier alpha value is -3.02. The van der Waals surface area contributed by atoms with Crippen molar-refractivity contribution in [3.8, 4) is 0 Å². The number of hydrogen-bond acceptors (Lipinski definition) is 3. The van der Waals surface area contributed by atoms with Gasteiger partial charge in [0.2, 0.25) is 0 Å². The normalized spacial score (nSPS) is 10.7. The molecule has 0 aliphatic heterocycles. The SMILES string of the molecule is O=C(O)c1cc(C=Nc2ccccc2F)cc(C(=O)O)c1. The van der Waals surface area contributed by atoms with E-state index in [4.69, 9.17) is 10.2 Å². The van der Waals surface area contributed by atoms with Crippen LogP contribution in [0.1, 0.15) is 26.3 Å². The number of rotatable bonds is 4. The third-order valence-corrected chi connectivity index (χ3v) is 2.65. The van der Waals surface area contributed by atoms with E-state index in [1.807, 2.05) is 0 Å². The minimum absolute atomic E-state index is 0.0788. The van der Waals surface area contributed by atoms with E-state index in [0.717, 1.165) is 6.07 Å². The minimum atomic E-state index is -1.25. The van der Waals surface area contributed by atoms with Crippen LogP contribution in [0.2, 0.25) is 0 Å². The van der Waals surface area contributed by atoms with Crippen LogP contribution in [0.3, 0.4) is 0 Å². The van der Waals surface area contributed by atoms with Gasteiger partial charge in [-0.25, -0.2) is 14.0 Å². The number of hydrogen-bond donors (Lipinski definition) is 2. The summed E-state index contributed by atoms with van der Waals surface area (Å²) >= 11 is 0. The summed E-state index contributed by atoms with van der Waals surface area (Å²) in [4.78, 5) is 25.8. The zero-order valence-electron chi connectivity index (χ0n) is 10.7. The van der Waals surface area contributed by atoms with Crippen LogP contribution < -0.4 is 0 Å². The van der Waals surface area contributed by atoms with E-state index >= 15 is 0 Å². The number of aromatic carboxylic acids is 2. The highest BCUT2D eigenvalue weighted by molar-refractivity contribution is 5.97. The van der Waals surface area contributed by atoms with Crippen LogP contribution in [0.5, 0.6) is 0 Å². The van der Waals surface area contributed by atoms with Crippen molar-refractivity contribution in [1.82, 2.24) is 0 Å². The predicted molar refractivity (Wildman–Crippen MR) is 74.0 cm³/mol. The highest BCUT2D eigenvalue weighted by Crippen LogP contribution is 2.17. The average Bonchev–Trinajstić information content (AvgIpc) is 2.46. The first-order valence-corrected chi connectivity index (χ1v) is 5.87. The summed E-state index contributed by atoms with van der Waals surface area (Å²) in [7, 11) is 0. The molecule has 0 heterocycles. The van der Waals surface area contributed by atoms with E-state index in [1.54, 1.807) is 6.07 Å². The molecule has 2 rings (SSSR count). The molecule has 0 saturated carbocycles. The van der Waals surface area contributed by atoms with E-state index < -0.39 is 17.8 Å². The van der Waals surface area contributed by atoms with Gasteiger partial charge in [0.1, 0.15) is 5.82 Å². The Labute approximate surface area is 119 Å². The molecule has 21 heavy (non-hydrogen) atoms. The molecule has 5 nitrogen and oxygen atoms in total. The molecule has 0 atom stereocenters. The maximum absolute atomic E-state index is 13.4. The standard InChI is InChI=1S/C15H10FNO4/c16-12-3-1-2-4-13(12)17-8-9-5-10(14(18)19)7-11(6-9)15(20)21/h1-8H,(H,18,19)(H,20,21). The molecule has 0 aliphatic rings. The van der Waals surface area contributed by atoms with Crippen LogP contribution in [0.25, 0.3) is 0 Å². The second-order valence-electron chi connectivity index (χ2n) is 4.16. The second-order valence-corrected chi connectivity index (χ2v) is 4.16. The molecule has 0 amide bonds. The molecule has 2 N–H and O–H groups in total. The number of aliphatic imine (C=N–C) groups is 1. The number of benzene rings is 2. The Bertz CT molecular complexity index is 708. The van der Waals surface area contributed by atoms with Gasteiger partial charge in [-0.05, 0) is 35.9 Å². The van der Waals surface area contributed by atoms with Gasteiger partial charge in [0.05, 0.1) is 16.8 Å². The molecule has 0 aromatic heterocycles. The van der Waals surface area contributed by atoms with E-state index in [1.165, 1.54) is 36.5 Å². The Morgan fingerprint density at radius 1 is 1.00 bits per heavy atom. The fraction of sp³-hybridized carbons (Fsp3) is 0. The lowest BCUT2D eigenvalue weighted by molar-refractivity contribution is 0.0696. The van der Waals surface area contributed by atoms with Gasteiger partial charge in [0.15, 0.2) is 0 Å². The Kier molecular flexibility index (Phi) is 4.08. The van der Waals surface area contributed by atoms with Gasteiger partial charge < -0.3 is 10.2 Å². The molecule has 0 radical (unpaired) electrons. The first-order valence-electron chi connectivity index (χ1n) is 5.87. The van der Waals surface area contributed by atoms with Crippen molar-refractivity contribution in [2.75, 3.05) is 0 Å². The van der Waals surface area contributed by atoms with Crippen LogP contribution in [0.15, 0.2) is 47.5 Å². The molecule has 6 heteroatoms. The fourth-order valence-electron chi connectivity index (χ4n) is 1.67. The number of carbonyl (C=O) groups is 2. The Morgan fingerprint density at radius 3 is 2.10 bits per heavy atom. The van der Waals surface area contributed by atoms with Gasteiger partial charge in [-0.1, -0.05) is 12.1 Å². The number of carboxylic acid groups (broad SMARTS) is 2. The zero-order valence-corrected chi connectivity index (χ0v) is 10.7. The van der Waals surface area contributed by atoms with Crippen molar-refractivity contribution in [3.63, 3.8) is 0 Å². The topological polar surface area (TPSA) is 87.0 Å².